The van der Waals surface area contributed by atoms with Crippen LogP contribution in [0.15, 0.2) is 60.8 Å². The van der Waals surface area contributed by atoms with Gasteiger partial charge < -0.3 is 20.5 Å². The number of rotatable bonds is 7. The van der Waals surface area contributed by atoms with E-state index in [9.17, 15) is 14.4 Å². The molecule has 3 N–H and O–H groups in total. The first kappa shape index (κ1) is 19.7. The second kappa shape index (κ2) is 8.82. The minimum Gasteiger partial charge on any atom is -0.361 e. The molecule has 1 aliphatic heterocycles. The van der Waals surface area contributed by atoms with Gasteiger partial charge in [-0.25, -0.2) is 0 Å². The lowest BCUT2D eigenvalue weighted by Crippen LogP contribution is -2.40. The van der Waals surface area contributed by atoms with E-state index in [1.54, 1.807) is 4.90 Å². The highest BCUT2D eigenvalue weighted by atomic mass is 16.2. The van der Waals surface area contributed by atoms with Gasteiger partial charge in [-0.15, -0.1) is 0 Å². The molecule has 1 aromatic heterocycles. The number of hydrogen-bond donors (Lipinski definition) is 3. The Bertz CT molecular complexity index is 1060. The number of aromatic nitrogens is 1. The lowest BCUT2D eigenvalue weighted by Gasteiger charge is -2.16. The van der Waals surface area contributed by atoms with Gasteiger partial charge in [0.15, 0.2) is 0 Å². The van der Waals surface area contributed by atoms with Crippen molar-refractivity contribution in [2.24, 2.45) is 5.92 Å². The monoisotopic (exact) mass is 404 g/mol. The van der Waals surface area contributed by atoms with Crippen LogP contribution in [-0.4, -0.2) is 42.3 Å². The molecule has 1 fully saturated rings. The molecular formula is C23H24N4O3. The van der Waals surface area contributed by atoms with Crippen LogP contribution in [0.5, 0.6) is 0 Å². The van der Waals surface area contributed by atoms with Crippen LogP contribution in [0.25, 0.3) is 10.9 Å². The molecule has 2 aromatic carbocycles. The Balaban J connectivity index is 1.21. The van der Waals surface area contributed by atoms with Crippen molar-refractivity contribution in [2.45, 2.75) is 12.8 Å². The minimum atomic E-state index is -0.447. The molecule has 7 heteroatoms. The zero-order valence-electron chi connectivity index (χ0n) is 16.6. The molecule has 30 heavy (non-hydrogen) atoms. The number of H-pyrrole nitrogens is 1. The summed E-state index contributed by atoms with van der Waals surface area (Å²) in [4.78, 5) is 41.6. The second-order valence-electron chi connectivity index (χ2n) is 7.42. The number of carbonyl (C=O) groups is 3. The zero-order chi connectivity index (χ0) is 20.9. The number of benzene rings is 2. The molecule has 0 bridgehead atoms. The summed E-state index contributed by atoms with van der Waals surface area (Å²) in [7, 11) is 0. The second-order valence-corrected chi connectivity index (χ2v) is 7.42. The van der Waals surface area contributed by atoms with Crippen LogP contribution < -0.4 is 15.5 Å². The Morgan fingerprint density at radius 1 is 1.03 bits per heavy atom. The van der Waals surface area contributed by atoms with E-state index in [1.807, 2.05) is 60.8 Å². The standard InChI is InChI=1S/C23H24N4O3/c28-21(24-11-10-16-13-25-20-9-5-4-8-19(16)20)14-26-23(30)17-12-22(29)27(15-17)18-6-2-1-3-7-18/h1-9,13,17,25H,10-12,14-15H2,(H,24,28)(H,26,30)/t17-/m1/s1. The Labute approximate surface area is 174 Å². The number of hydrogen-bond acceptors (Lipinski definition) is 3. The fraction of sp³-hybridized carbons (Fsp3) is 0.261. The average molecular weight is 404 g/mol. The number of para-hydroxylation sites is 2. The third-order valence-corrected chi connectivity index (χ3v) is 5.38. The molecule has 3 amide bonds. The summed E-state index contributed by atoms with van der Waals surface area (Å²) in [5.41, 5.74) is 3.00. The molecule has 154 valence electrons. The van der Waals surface area contributed by atoms with Crippen LogP contribution in [-0.2, 0) is 20.8 Å². The normalized spacial score (nSPS) is 16.1. The number of amides is 3. The van der Waals surface area contributed by atoms with Gasteiger partial charge in [-0.3, -0.25) is 14.4 Å². The van der Waals surface area contributed by atoms with E-state index < -0.39 is 5.92 Å². The Hall–Kier alpha value is -3.61. The van der Waals surface area contributed by atoms with Crippen molar-refractivity contribution in [1.82, 2.24) is 15.6 Å². The molecule has 0 aliphatic carbocycles. The van der Waals surface area contributed by atoms with E-state index in [0.717, 1.165) is 22.2 Å². The maximum Gasteiger partial charge on any atom is 0.239 e. The highest BCUT2D eigenvalue weighted by molar-refractivity contribution is 6.00. The maximum absolute atomic E-state index is 12.4. The molecule has 0 saturated carbocycles. The summed E-state index contributed by atoms with van der Waals surface area (Å²) < 4.78 is 0. The predicted octanol–water partition coefficient (Wildman–Crippen LogP) is 2.00. The van der Waals surface area contributed by atoms with Crippen LogP contribution in [0.3, 0.4) is 0 Å². The molecule has 4 rings (SSSR count). The van der Waals surface area contributed by atoms with Crippen molar-refractivity contribution in [3.05, 3.63) is 66.4 Å². The van der Waals surface area contributed by atoms with Crippen LogP contribution in [0.4, 0.5) is 5.69 Å². The quantitative estimate of drug-likeness (QED) is 0.562. The van der Waals surface area contributed by atoms with Gasteiger partial charge in [0.05, 0.1) is 12.5 Å². The van der Waals surface area contributed by atoms with Gasteiger partial charge in [0.2, 0.25) is 17.7 Å². The van der Waals surface area contributed by atoms with E-state index in [4.69, 9.17) is 0 Å². The summed E-state index contributed by atoms with van der Waals surface area (Å²) in [5, 5.41) is 6.63. The first-order valence-corrected chi connectivity index (χ1v) is 10.1. The maximum atomic E-state index is 12.4. The molecule has 1 aliphatic rings. The molecule has 0 spiro atoms. The van der Waals surface area contributed by atoms with E-state index in [2.05, 4.69) is 15.6 Å². The summed E-state index contributed by atoms with van der Waals surface area (Å²) >= 11 is 0. The molecule has 3 aromatic rings. The van der Waals surface area contributed by atoms with Crippen molar-refractivity contribution >= 4 is 34.3 Å². The number of nitrogens with zero attached hydrogens (tertiary/aromatic N) is 1. The van der Waals surface area contributed by atoms with E-state index >= 15 is 0 Å². The SMILES string of the molecule is O=C(CNC(=O)[C@@H]1CC(=O)N(c2ccccc2)C1)NCCc1c[nH]c2ccccc12. The smallest absolute Gasteiger partial charge is 0.239 e. The number of nitrogens with one attached hydrogen (secondary N) is 3. The fourth-order valence-corrected chi connectivity index (χ4v) is 3.79. The summed E-state index contributed by atoms with van der Waals surface area (Å²) in [6.07, 6.45) is 2.81. The topological polar surface area (TPSA) is 94.3 Å². The van der Waals surface area contributed by atoms with Gasteiger partial charge >= 0.3 is 0 Å². The molecule has 0 radical (unpaired) electrons. The van der Waals surface area contributed by atoms with Gasteiger partial charge in [-0.2, -0.15) is 0 Å². The first-order valence-electron chi connectivity index (χ1n) is 10.1. The van der Waals surface area contributed by atoms with Crippen LogP contribution in [0.2, 0.25) is 0 Å². The van der Waals surface area contributed by atoms with Gasteiger partial charge in [0, 0.05) is 42.3 Å². The molecular weight excluding hydrogens is 380 g/mol. The summed E-state index contributed by atoms with van der Waals surface area (Å²) in [5.74, 6) is -1.04. The van der Waals surface area contributed by atoms with Crippen molar-refractivity contribution < 1.29 is 14.4 Å². The number of anilines is 1. The molecule has 0 unspecified atom stereocenters. The molecule has 1 saturated heterocycles. The molecule has 1 atom stereocenters. The van der Waals surface area contributed by atoms with Gasteiger partial charge in [0.1, 0.15) is 0 Å². The summed E-state index contributed by atoms with van der Waals surface area (Å²) in [6.45, 7) is 0.722. The van der Waals surface area contributed by atoms with Crippen LogP contribution in [0.1, 0.15) is 12.0 Å². The van der Waals surface area contributed by atoms with Gasteiger partial charge in [0.25, 0.3) is 0 Å². The Kier molecular flexibility index (Phi) is 5.79. The number of fused-ring (bicyclic) bond motifs is 1. The first-order chi connectivity index (χ1) is 14.6. The minimum absolute atomic E-state index is 0.0791. The Morgan fingerprint density at radius 2 is 1.80 bits per heavy atom. The highest BCUT2D eigenvalue weighted by Gasteiger charge is 2.35. The highest BCUT2D eigenvalue weighted by Crippen LogP contribution is 2.24. The lowest BCUT2D eigenvalue weighted by atomic mass is 10.1. The zero-order valence-corrected chi connectivity index (χ0v) is 16.6. The third-order valence-electron chi connectivity index (χ3n) is 5.38. The van der Waals surface area contributed by atoms with Gasteiger partial charge in [-0.05, 0) is 30.2 Å². The lowest BCUT2D eigenvalue weighted by molar-refractivity contribution is -0.128. The van der Waals surface area contributed by atoms with Crippen molar-refractivity contribution in [3.63, 3.8) is 0 Å². The largest absolute Gasteiger partial charge is 0.361 e. The number of aromatic amines is 1. The van der Waals surface area contributed by atoms with Crippen LogP contribution in [0, 0.1) is 5.92 Å². The fourth-order valence-electron chi connectivity index (χ4n) is 3.79. The van der Waals surface area contributed by atoms with Gasteiger partial charge in [-0.1, -0.05) is 36.4 Å². The van der Waals surface area contributed by atoms with Crippen molar-refractivity contribution in [3.8, 4) is 0 Å². The third kappa shape index (κ3) is 4.35. The number of carbonyl (C=O) groups excluding carboxylic acids is 3. The average Bonchev–Trinajstić information content (AvgIpc) is 3.36. The van der Waals surface area contributed by atoms with E-state index in [-0.39, 0.29) is 30.7 Å². The van der Waals surface area contributed by atoms with Crippen molar-refractivity contribution in [1.29, 1.82) is 0 Å². The summed E-state index contributed by atoms with van der Waals surface area (Å²) in [6, 6.07) is 17.3. The van der Waals surface area contributed by atoms with E-state index in [0.29, 0.717) is 19.5 Å². The molecule has 2 heterocycles. The van der Waals surface area contributed by atoms with Crippen molar-refractivity contribution in [2.75, 3.05) is 24.5 Å². The van der Waals surface area contributed by atoms with Crippen LogP contribution >= 0.6 is 0 Å². The van der Waals surface area contributed by atoms with E-state index in [1.165, 1.54) is 0 Å². The predicted molar refractivity (Wildman–Crippen MR) is 115 cm³/mol. The Morgan fingerprint density at radius 3 is 2.63 bits per heavy atom. The molecule has 7 nitrogen and oxygen atoms in total.